The Morgan fingerprint density at radius 2 is 1.57 bits per heavy atom. The van der Waals surface area contributed by atoms with E-state index >= 15 is 0 Å². The van der Waals surface area contributed by atoms with E-state index in [0.29, 0.717) is 11.8 Å². The highest BCUT2D eigenvalue weighted by Crippen LogP contribution is 2.39. The number of hydrogen-bond donors (Lipinski definition) is 1. The average Bonchev–Trinajstić information content (AvgIpc) is 3.06. The summed E-state index contributed by atoms with van der Waals surface area (Å²) in [4.78, 5) is 12.0. The maximum Gasteiger partial charge on any atom is 0.302 e. The van der Waals surface area contributed by atoms with Crippen LogP contribution < -0.4 is 10.4 Å². The zero-order chi connectivity index (χ0) is 34.0. The van der Waals surface area contributed by atoms with Crippen LogP contribution in [0.3, 0.4) is 0 Å². The highest BCUT2D eigenvalue weighted by atomic mass is 28.4. The number of rotatable bonds is 19. The first-order valence-corrected chi connectivity index (χ1v) is 20.2. The molecule has 0 radical (unpaired) electrons. The summed E-state index contributed by atoms with van der Waals surface area (Å²) in [6.07, 6.45) is 26.1. The van der Waals surface area contributed by atoms with Gasteiger partial charge in [0.05, 0.1) is 6.10 Å². The van der Waals surface area contributed by atoms with Crippen LogP contribution in [-0.4, -0.2) is 38.2 Å². The third kappa shape index (κ3) is 12.0. The Labute approximate surface area is 287 Å². The van der Waals surface area contributed by atoms with Gasteiger partial charge < -0.3 is 14.3 Å². The lowest BCUT2D eigenvalue weighted by atomic mass is 9.75. The van der Waals surface area contributed by atoms with E-state index in [-0.39, 0.29) is 29.8 Å². The fraction of sp³-hybridized carbons (Fsp3) is 0.548. The molecule has 47 heavy (non-hydrogen) atoms. The molecule has 2 aromatic rings. The van der Waals surface area contributed by atoms with Crippen LogP contribution in [0.4, 0.5) is 0 Å². The van der Waals surface area contributed by atoms with Gasteiger partial charge in [-0.15, -0.1) is 0 Å². The molecule has 0 bridgehead atoms. The lowest BCUT2D eigenvalue weighted by Crippen LogP contribution is -2.67. The SMILES string of the molecule is CCCCCC=CCC(C=CC=CC1CCCCC1C(CCCCO)OC(C)=O)O[Si](c1ccccc1)(c1ccccc1)C(C)(C)C. The number of benzene rings is 2. The van der Waals surface area contributed by atoms with E-state index in [9.17, 15) is 9.90 Å². The fourth-order valence-corrected chi connectivity index (χ4v) is 11.9. The van der Waals surface area contributed by atoms with Gasteiger partial charge >= 0.3 is 5.97 Å². The molecule has 0 amide bonds. The first-order valence-electron chi connectivity index (χ1n) is 18.3. The Kier molecular flexibility index (Phi) is 17.0. The third-order valence-electron chi connectivity index (χ3n) is 9.62. The van der Waals surface area contributed by atoms with Gasteiger partial charge in [0, 0.05) is 19.4 Å². The van der Waals surface area contributed by atoms with Crippen molar-refractivity contribution in [1.29, 1.82) is 0 Å². The highest BCUT2D eigenvalue weighted by molar-refractivity contribution is 6.99. The largest absolute Gasteiger partial charge is 0.462 e. The number of carbonyl (C=O) groups is 1. The van der Waals surface area contributed by atoms with E-state index in [1.54, 1.807) is 0 Å². The second-order valence-electron chi connectivity index (χ2n) is 14.3. The predicted molar refractivity (Wildman–Crippen MR) is 201 cm³/mol. The molecule has 1 fully saturated rings. The van der Waals surface area contributed by atoms with Crippen LogP contribution >= 0.6 is 0 Å². The molecule has 3 rings (SSSR count). The molecule has 4 atom stereocenters. The molecule has 0 saturated heterocycles. The molecule has 1 aliphatic carbocycles. The summed E-state index contributed by atoms with van der Waals surface area (Å²) < 4.78 is 13.4. The van der Waals surface area contributed by atoms with Crippen LogP contribution in [0.15, 0.2) is 97.1 Å². The Bertz CT molecular complexity index is 1190. The van der Waals surface area contributed by atoms with Crippen molar-refractivity contribution in [3.63, 3.8) is 0 Å². The minimum absolute atomic E-state index is 0.0807. The molecule has 5 heteroatoms. The number of hydrogen-bond acceptors (Lipinski definition) is 4. The molecule has 258 valence electrons. The molecule has 0 spiro atoms. The van der Waals surface area contributed by atoms with Gasteiger partial charge in [0.2, 0.25) is 0 Å². The van der Waals surface area contributed by atoms with Crippen LogP contribution in [0.25, 0.3) is 0 Å². The van der Waals surface area contributed by atoms with E-state index in [4.69, 9.17) is 9.16 Å². The number of aliphatic hydroxyl groups excluding tert-OH is 1. The lowest BCUT2D eigenvalue weighted by molar-refractivity contribution is -0.151. The summed E-state index contributed by atoms with van der Waals surface area (Å²) in [5.74, 6) is 0.464. The van der Waals surface area contributed by atoms with E-state index in [2.05, 4.69) is 125 Å². The van der Waals surface area contributed by atoms with Crippen LogP contribution in [0.1, 0.15) is 112 Å². The quantitative estimate of drug-likeness (QED) is 0.0537. The summed E-state index contributed by atoms with van der Waals surface area (Å²) in [6, 6.07) is 21.8. The Hall–Kier alpha value is -2.73. The van der Waals surface area contributed by atoms with Crippen molar-refractivity contribution in [2.75, 3.05) is 6.61 Å². The van der Waals surface area contributed by atoms with Crippen molar-refractivity contribution in [2.24, 2.45) is 11.8 Å². The number of unbranched alkanes of at least 4 members (excludes halogenated alkanes) is 4. The van der Waals surface area contributed by atoms with Crippen molar-refractivity contribution >= 4 is 24.7 Å². The molecule has 1 saturated carbocycles. The van der Waals surface area contributed by atoms with Crippen molar-refractivity contribution in [1.82, 2.24) is 0 Å². The van der Waals surface area contributed by atoms with Gasteiger partial charge in [-0.2, -0.15) is 0 Å². The molecular formula is C42H62O4Si. The number of aliphatic hydroxyl groups is 1. The second-order valence-corrected chi connectivity index (χ2v) is 18.5. The zero-order valence-corrected chi connectivity index (χ0v) is 30.9. The lowest BCUT2D eigenvalue weighted by Gasteiger charge is -2.44. The summed E-state index contributed by atoms with van der Waals surface area (Å²) in [5, 5.41) is 11.8. The fourth-order valence-electron chi connectivity index (χ4n) is 7.26. The first kappa shape index (κ1) is 38.7. The number of esters is 1. The number of allylic oxidation sites excluding steroid dienone is 4. The second kappa shape index (κ2) is 20.6. The van der Waals surface area contributed by atoms with E-state index in [0.717, 1.165) is 44.9 Å². The normalized spacial score (nSPS) is 19.0. The Morgan fingerprint density at radius 1 is 0.915 bits per heavy atom. The topological polar surface area (TPSA) is 55.8 Å². The van der Waals surface area contributed by atoms with Crippen LogP contribution in [0.2, 0.25) is 5.04 Å². The molecule has 4 unspecified atom stereocenters. The maximum absolute atomic E-state index is 12.0. The summed E-state index contributed by atoms with van der Waals surface area (Å²) in [7, 11) is -2.72. The summed E-state index contributed by atoms with van der Waals surface area (Å²) >= 11 is 0. The predicted octanol–water partition coefficient (Wildman–Crippen LogP) is 9.47. The van der Waals surface area contributed by atoms with Gasteiger partial charge in [-0.25, -0.2) is 0 Å². The number of ether oxygens (including phenoxy) is 1. The van der Waals surface area contributed by atoms with Crippen LogP contribution in [0, 0.1) is 11.8 Å². The first-order chi connectivity index (χ1) is 22.7. The molecule has 4 nitrogen and oxygen atoms in total. The smallest absolute Gasteiger partial charge is 0.302 e. The molecule has 2 aromatic carbocycles. The average molecular weight is 659 g/mol. The van der Waals surface area contributed by atoms with Crippen LogP contribution in [0.5, 0.6) is 0 Å². The summed E-state index contributed by atoms with van der Waals surface area (Å²) in [5.41, 5.74) is 0. The molecule has 0 aromatic heterocycles. The van der Waals surface area contributed by atoms with Gasteiger partial charge in [0.25, 0.3) is 8.32 Å². The molecule has 1 aliphatic rings. The third-order valence-corrected chi connectivity index (χ3v) is 14.7. The van der Waals surface area contributed by atoms with Gasteiger partial charge in [-0.3, -0.25) is 4.79 Å². The zero-order valence-electron chi connectivity index (χ0n) is 29.9. The van der Waals surface area contributed by atoms with E-state index in [1.165, 1.54) is 49.4 Å². The van der Waals surface area contributed by atoms with E-state index in [1.807, 2.05) is 0 Å². The number of carbonyl (C=O) groups excluding carboxylic acids is 1. The highest BCUT2D eigenvalue weighted by Gasteiger charge is 2.51. The monoisotopic (exact) mass is 658 g/mol. The Morgan fingerprint density at radius 3 is 2.17 bits per heavy atom. The molecule has 1 N–H and O–H groups in total. The van der Waals surface area contributed by atoms with Crippen molar-refractivity contribution in [2.45, 2.75) is 129 Å². The molecular weight excluding hydrogens is 597 g/mol. The standard InChI is InChI=1S/C42H62O4Si/c1-6-7-8-9-10-13-26-37(46-47(42(3,4)5,38-28-14-11-15-29-38)39-30-16-12-17-31-39)27-20-18-24-36-25-19-21-32-40(36)41(45-35(2)44)33-22-23-34-43/h10-18,20,24,27-31,36-37,40-41,43H,6-9,19,21-23,25-26,32-34H2,1-5H3. The van der Waals surface area contributed by atoms with Gasteiger partial charge in [0.1, 0.15) is 6.10 Å². The van der Waals surface area contributed by atoms with Crippen LogP contribution in [-0.2, 0) is 14.0 Å². The minimum atomic E-state index is -2.72. The minimum Gasteiger partial charge on any atom is -0.462 e. The van der Waals surface area contributed by atoms with Gasteiger partial charge in [-0.1, -0.05) is 150 Å². The summed E-state index contributed by atoms with van der Waals surface area (Å²) in [6.45, 7) is 11.0. The van der Waals surface area contributed by atoms with Crippen molar-refractivity contribution < 1.29 is 19.1 Å². The van der Waals surface area contributed by atoms with Gasteiger partial charge in [-0.05, 0) is 72.7 Å². The van der Waals surface area contributed by atoms with Crippen molar-refractivity contribution in [3.05, 3.63) is 97.1 Å². The molecule has 0 heterocycles. The van der Waals surface area contributed by atoms with Crippen molar-refractivity contribution in [3.8, 4) is 0 Å². The van der Waals surface area contributed by atoms with Gasteiger partial charge in [0.15, 0.2) is 0 Å². The molecule has 0 aliphatic heterocycles. The Balaban J connectivity index is 1.92. The maximum atomic E-state index is 12.0. The van der Waals surface area contributed by atoms with E-state index < -0.39 is 8.32 Å².